The van der Waals surface area contributed by atoms with E-state index in [0.29, 0.717) is 0 Å². The van der Waals surface area contributed by atoms with Crippen molar-refractivity contribution in [3.63, 3.8) is 0 Å². The molecule has 0 atom stereocenters. The van der Waals surface area contributed by atoms with Crippen molar-refractivity contribution in [2.24, 2.45) is 0 Å². The van der Waals surface area contributed by atoms with Crippen LogP contribution < -0.4 is 0 Å². The van der Waals surface area contributed by atoms with Crippen LogP contribution in [0.1, 0.15) is 6.42 Å². The molecule has 8 heteroatoms. The molecule has 0 aliphatic rings. The second kappa shape index (κ2) is 4.57. The minimum Gasteiger partial charge on any atom is -0.251 e. The fourth-order valence-corrected chi connectivity index (χ4v) is 2.25. The van der Waals surface area contributed by atoms with Gasteiger partial charge >= 0.3 is 10.4 Å². The predicted molar refractivity (Wildman–Crippen MR) is 44.3 cm³/mol. The van der Waals surface area contributed by atoms with Crippen LogP contribution in [0.2, 0.25) is 0 Å². The lowest BCUT2D eigenvalue weighted by atomic mass is 10.5. The third-order valence-electron chi connectivity index (χ3n) is 0.888. The van der Waals surface area contributed by atoms with Crippen LogP contribution in [0.5, 0.6) is 0 Å². The summed E-state index contributed by atoms with van der Waals surface area (Å²) < 4.78 is 50.1. The minimum atomic E-state index is -4.46. The Morgan fingerprint density at radius 1 is 1.31 bits per heavy atom. The molecule has 0 spiro atoms. The zero-order valence-corrected chi connectivity index (χ0v) is 8.39. The van der Waals surface area contributed by atoms with Crippen molar-refractivity contribution in [1.29, 1.82) is 0 Å². The van der Waals surface area contributed by atoms with E-state index in [0.717, 1.165) is 7.11 Å². The van der Waals surface area contributed by atoms with Gasteiger partial charge in [-0.2, -0.15) is 16.8 Å². The normalized spacial score (nSPS) is 12.3. The Morgan fingerprint density at radius 2 is 1.85 bits per heavy atom. The van der Waals surface area contributed by atoms with Crippen LogP contribution in [0.3, 0.4) is 0 Å². The van der Waals surface area contributed by atoms with Crippen LogP contribution in [0.25, 0.3) is 0 Å². The fourth-order valence-electron chi connectivity index (χ4n) is 0.373. The van der Waals surface area contributed by atoms with Crippen LogP contribution in [-0.2, 0) is 28.3 Å². The summed E-state index contributed by atoms with van der Waals surface area (Å²) in [5.41, 5.74) is 0. The van der Waals surface area contributed by atoms with Crippen LogP contribution >= 0.6 is 0 Å². The van der Waals surface area contributed by atoms with Crippen molar-refractivity contribution in [3.05, 3.63) is 0 Å². The minimum absolute atomic E-state index is 0.123. The Labute approximate surface area is 77.3 Å². The first kappa shape index (κ1) is 12.4. The number of hydrogen-bond donors (Lipinski definition) is 0. The van der Waals surface area contributed by atoms with Crippen molar-refractivity contribution < 1.29 is 24.6 Å². The average Bonchev–Trinajstić information content (AvgIpc) is 1.99. The summed E-state index contributed by atoms with van der Waals surface area (Å²) in [6, 6.07) is 0. The topological polar surface area (TPSA) is 86.7 Å². The number of terminal acetylenes is 1. The molecule has 0 saturated carbocycles. The van der Waals surface area contributed by atoms with E-state index in [1.165, 1.54) is 0 Å². The van der Waals surface area contributed by atoms with Gasteiger partial charge in [-0.15, -0.1) is 16.0 Å². The molecule has 0 aromatic rings. The molecule has 0 aliphatic heterocycles. The molecule has 0 N–H and O–H groups in total. The van der Waals surface area contributed by atoms with Gasteiger partial charge in [-0.05, 0) is 0 Å². The van der Waals surface area contributed by atoms with Crippen molar-refractivity contribution in [3.8, 4) is 12.3 Å². The molecular weight excluding hydrogens is 220 g/mol. The SMILES string of the molecule is C#CCCS(=O)(=O)OS(=O)(=O)OC. The van der Waals surface area contributed by atoms with Gasteiger partial charge in [0.2, 0.25) is 0 Å². The Morgan fingerprint density at radius 3 is 2.23 bits per heavy atom. The molecule has 0 bridgehead atoms. The summed E-state index contributed by atoms with van der Waals surface area (Å²) in [5.74, 6) is 1.47. The van der Waals surface area contributed by atoms with E-state index in [1.54, 1.807) is 0 Å². The third-order valence-corrected chi connectivity index (χ3v) is 3.50. The quantitative estimate of drug-likeness (QED) is 0.575. The maximum absolute atomic E-state index is 10.8. The molecule has 6 nitrogen and oxygen atoms in total. The molecule has 0 aliphatic carbocycles. The highest BCUT2D eigenvalue weighted by Gasteiger charge is 2.21. The molecular formula is C5H8O6S2. The first-order valence-electron chi connectivity index (χ1n) is 3.01. The van der Waals surface area contributed by atoms with Crippen LogP contribution in [-0.4, -0.2) is 29.7 Å². The molecule has 0 aromatic heterocycles. The maximum atomic E-state index is 10.8. The zero-order chi connectivity index (χ0) is 10.5. The van der Waals surface area contributed by atoms with Gasteiger partial charge in [0.25, 0.3) is 10.1 Å². The molecule has 0 aromatic carbocycles. The Kier molecular flexibility index (Phi) is 4.35. The van der Waals surface area contributed by atoms with Crippen LogP contribution in [0, 0.1) is 12.3 Å². The Hall–Kier alpha value is -0.620. The molecule has 0 fully saturated rings. The molecule has 0 amide bonds. The zero-order valence-electron chi connectivity index (χ0n) is 6.76. The largest absolute Gasteiger partial charge is 0.414 e. The second-order valence-corrected chi connectivity index (χ2v) is 5.08. The Balaban J connectivity index is 4.47. The first-order chi connectivity index (χ1) is 5.83. The summed E-state index contributed by atoms with van der Waals surface area (Å²) >= 11 is 0. The molecule has 0 rings (SSSR count). The van der Waals surface area contributed by atoms with Crippen LogP contribution in [0.15, 0.2) is 0 Å². The van der Waals surface area contributed by atoms with Gasteiger partial charge in [-0.3, -0.25) is 4.18 Å². The summed E-state index contributed by atoms with van der Waals surface area (Å²) in [7, 11) is -7.85. The van der Waals surface area contributed by atoms with E-state index >= 15 is 0 Å². The lowest BCUT2D eigenvalue weighted by molar-refractivity contribution is 0.331. The first-order valence-corrected chi connectivity index (χ1v) is 5.92. The smallest absolute Gasteiger partial charge is 0.251 e. The van der Waals surface area contributed by atoms with Crippen molar-refractivity contribution >= 4 is 20.5 Å². The van der Waals surface area contributed by atoms with E-state index in [4.69, 9.17) is 6.42 Å². The summed E-state index contributed by atoms with van der Waals surface area (Å²) in [6.07, 6.45) is 4.66. The highest BCUT2D eigenvalue weighted by Crippen LogP contribution is 2.03. The van der Waals surface area contributed by atoms with Gasteiger partial charge in [0.1, 0.15) is 0 Å². The number of hydrogen-bond acceptors (Lipinski definition) is 6. The van der Waals surface area contributed by atoms with Gasteiger partial charge < -0.3 is 0 Å². The summed E-state index contributed by atoms with van der Waals surface area (Å²) in [6.45, 7) is 0. The standard InChI is InChI=1S/C5H8O6S2/c1-3-4-5-12(6,7)11-13(8,9)10-2/h1H,4-5H2,2H3. The maximum Gasteiger partial charge on any atom is 0.414 e. The molecule has 13 heavy (non-hydrogen) atoms. The average molecular weight is 228 g/mol. The monoisotopic (exact) mass is 228 g/mol. The predicted octanol–water partition coefficient (Wildman–Crippen LogP) is -0.753. The highest BCUT2D eigenvalue weighted by molar-refractivity contribution is 7.97. The van der Waals surface area contributed by atoms with E-state index in [9.17, 15) is 16.8 Å². The summed E-state index contributed by atoms with van der Waals surface area (Å²) in [4.78, 5) is 0. The lowest BCUT2D eigenvalue weighted by Crippen LogP contribution is -2.17. The molecule has 76 valence electrons. The van der Waals surface area contributed by atoms with Gasteiger partial charge in [0.15, 0.2) is 0 Å². The van der Waals surface area contributed by atoms with Crippen molar-refractivity contribution in [2.75, 3.05) is 12.9 Å². The summed E-state index contributed by atoms with van der Waals surface area (Å²) in [5, 5.41) is 0. The van der Waals surface area contributed by atoms with Gasteiger partial charge in [-0.1, -0.05) is 0 Å². The highest BCUT2D eigenvalue weighted by atomic mass is 32.3. The van der Waals surface area contributed by atoms with Gasteiger partial charge in [0, 0.05) is 6.42 Å². The van der Waals surface area contributed by atoms with E-state index in [2.05, 4.69) is 7.81 Å². The number of rotatable bonds is 5. The van der Waals surface area contributed by atoms with Gasteiger partial charge in [-0.25, -0.2) is 0 Å². The lowest BCUT2D eigenvalue weighted by Gasteiger charge is -2.01. The van der Waals surface area contributed by atoms with E-state index in [1.807, 2.05) is 5.92 Å². The molecule has 0 radical (unpaired) electrons. The van der Waals surface area contributed by atoms with E-state index in [-0.39, 0.29) is 6.42 Å². The third kappa shape index (κ3) is 5.59. The van der Waals surface area contributed by atoms with Gasteiger partial charge in [0.05, 0.1) is 12.9 Å². The van der Waals surface area contributed by atoms with Crippen LogP contribution in [0.4, 0.5) is 0 Å². The van der Waals surface area contributed by atoms with E-state index < -0.39 is 26.3 Å². The Bertz CT molecular complexity index is 383. The second-order valence-electron chi connectivity index (χ2n) is 1.86. The fraction of sp³-hybridized carbons (Fsp3) is 0.600. The van der Waals surface area contributed by atoms with Crippen molar-refractivity contribution in [1.82, 2.24) is 0 Å². The van der Waals surface area contributed by atoms with Crippen molar-refractivity contribution in [2.45, 2.75) is 6.42 Å². The molecule has 0 heterocycles. The molecule has 0 unspecified atom stereocenters. The molecule has 0 saturated heterocycles.